The summed E-state index contributed by atoms with van der Waals surface area (Å²) >= 11 is 0. The topological polar surface area (TPSA) is 97.3 Å². The average Bonchev–Trinajstić information content (AvgIpc) is 2.71. The van der Waals surface area contributed by atoms with Crippen LogP contribution in [0.15, 0.2) is 48.7 Å². The van der Waals surface area contributed by atoms with E-state index in [-0.39, 0.29) is 19.4 Å². The van der Waals surface area contributed by atoms with Gasteiger partial charge in [0, 0.05) is 25.9 Å². The molecule has 3 rings (SSSR count). The molecule has 6 nitrogen and oxygen atoms in total. The maximum atomic E-state index is 12.5. The molecule has 0 saturated carbocycles. The van der Waals surface area contributed by atoms with E-state index in [2.05, 4.69) is 10.3 Å². The number of carbonyl (C=O) groups excluding carboxylic acids is 2. The molecule has 0 spiro atoms. The molecule has 2 amide bonds. The van der Waals surface area contributed by atoms with Crippen LogP contribution in [0.3, 0.4) is 0 Å². The minimum atomic E-state index is -1.07. The van der Waals surface area contributed by atoms with E-state index in [1.165, 1.54) is 0 Å². The minimum absolute atomic E-state index is 0. The molecule has 6 heteroatoms. The third-order valence-electron chi connectivity index (χ3n) is 3.80. The van der Waals surface area contributed by atoms with Gasteiger partial charge in [-0.3, -0.25) is 14.6 Å². The summed E-state index contributed by atoms with van der Waals surface area (Å²) in [5.41, 5.74) is 0.826. The molecule has 116 valence electrons. The number of hydrogen-bond donors (Lipinski definition) is 2. The van der Waals surface area contributed by atoms with Crippen LogP contribution in [-0.4, -0.2) is 23.8 Å². The van der Waals surface area contributed by atoms with Gasteiger partial charge in [-0.05, 0) is 25.1 Å². The summed E-state index contributed by atoms with van der Waals surface area (Å²) in [6.45, 7) is 1.72. The van der Waals surface area contributed by atoms with E-state index >= 15 is 0 Å². The van der Waals surface area contributed by atoms with E-state index in [1.807, 2.05) is 24.3 Å². The molecule has 1 aliphatic rings. The largest absolute Gasteiger partial charge is 0.344 e. The number of carbonyl (C=O) groups is 2. The second kappa shape index (κ2) is 5.57. The molecular weight excluding hydrogens is 280 g/mol. The Morgan fingerprint density at radius 3 is 2.59 bits per heavy atom. The number of amides is 2. The van der Waals surface area contributed by atoms with Crippen LogP contribution in [0.1, 0.15) is 24.4 Å². The monoisotopic (exact) mass is 300 g/mol. The van der Waals surface area contributed by atoms with Gasteiger partial charge in [-0.1, -0.05) is 24.3 Å². The second-order valence-corrected chi connectivity index (χ2v) is 5.18. The molecule has 1 aromatic heterocycles. The zero-order valence-corrected chi connectivity index (χ0v) is 12.5. The number of aromatic nitrogens is 1. The van der Waals surface area contributed by atoms with Gasteiger partial charge in [0.05, 0.1) is 0 Å². The van der Waals surface area contributed by atoms with Gasteiger partial charge in [-0.2, -0.15) is 0 Å². The summed E-state index contributed by atoms with van der Waals surface area (Å²) < 4.78 is 0. The van der Waals surface area contributed by atoms with E-state index in [0.29, 0.717) is 5.69 Å². The molecule has 0 aliphatic carbocycles. The predicted molar refractivity (Wildman–Crippen MR) is 86.0 cm³/mol. The van der Waals surface area contributed by atoms with E-state index in [4.69, 9.17) is 0 Å². The van der Waals surface area contributed by atoms with Crippen LogP contribution < -0.4 is 16.4 Å². The van der Waals surface area contributed by atoms with Crippen molar-refractivity contribution in [2.75, 3.05) is 11.9 Å². The van der Waals surface area contributed by atoms with Gasteiger partial charge in [-0.25, -0.2) is 0 Å². The number of rotatable bonds is 2. The molecule has 2 aromatic rings. The summed E-state index contributed by atoms with van der Waals surface area (Å²) in [7, 11) is 1.71. The Hall–Kier alpha value is -2.73. The highest BCUT2D eigenvalue weighted by Crippen LogP contribution is 2.38. The van der Waals surface area contributed by atoms with Crippen LogP contribution >= 0.6 is 0 Å². The fraction of sp³-hybridized carbons (Fsp3) is 0.188. The first kappa shape index (κ1) is 15.7. The highest BCUT2D eigenvalue weighted by atomic mass is 16.2. The van der Waals surface area contributed by atoms with Gasteiger partial charge in [-0.15, -0.1) is 0 Å². The van der Waals surface area contributed by atoms with Crippen molar-refractivity contribution in [2.45, 2.75) is 12.5 Å². The molecule has 22 heavy (non-hydrogen) atoms. The number of fused-ring (bicyclic) bond motifs is 1. The number of anilines is 1. The number of benzene rings is 1. The summed E-state index contributed by atoms with van der Waals surface area (Å²) in [5.74, 6) is -0.524. The lowest BCUT2D eigenvalue weighted by molar-refractivity contribution is -0.123. The standard InChI is InChI=1S/C16H15N3O2.H3N.H2/c1-16(18-14(20)12-8-5-6-10-17-12)11-7-3-4-9-13(11)19(2)15(16)21;;/h3-10H,1-2H3,(H,18,20);1H3;1H. The van der Waals surface area contributed by atoms with Crippen molar-refractivity contribution in [3.8, 4) is 0 Å². The SMILES string of the molecule is CN1C(=O)C(C)(NC(=O)c2ccccn2)c2ccccc21.N.[HH]. The van der Waals surface area contributed by atoms with Crippen molar-refractivity contribution in [3.05, 3.63) is 59.9 Å². The van der Waals surface area contributed by atoms with E-state index in [0.717, 1.165) is 11.3 Å². The third-order valence-corrected chi connectivity index (χ3v) is 3.80. The molecule has 0 saturated heterocycles. The number of hydrogen-bond acceptors (Lipinski definition) is 4. The Morgan fingerprint density at radius 2 is 1.91 bits per heavy atom. The highest BCUT2D eigenvalue weighted by Gasteiger charge is 2.47. The van der Waals surface area contributed by atoms with Gasteiger partial charge in [0.2, 0.25) is 0 Å². The second-order valence-electron chi connectivity index (χ2n) is 5.18. The fourth-order valence-corrected chi connectivity index (χ4v) is 2.66. The van der Waals surface area contributed by atoms with Crippen LogP contribution in [0, 0.1) is 0 Å². The van der Waals surface area contributed by atoms with Crippen molar-refractivity contribution < 1.29 is 11.0 Å². The molecule has 4 N–H and O–H groups in total. The normalized spacial score (nSPS) is 19.4. The van der Waals surface area contributed by atoms with Gasteiger partial charge < -0.3 is 16.4 Å². The molecule has 0 fully saturated rings. The van der Waals surface area contributed by atoms with E-state index in [1.54, 1.807) is 43.3 Å². The summed E-state index contributed by atoms with van der Waals surface area (Å²) in [5, 5.41) is 2.82. The first-order chi connectivity index (χ1) is 10.0. The van der Waals surface area contributed by atoms with Crippen molar-refractivity contribution in [2.24, 2.45) is 0 Å². The number of likely N-dealkylation sites (N-methyl/N-ethyl adjacent to an activating group) is 1. The number of pyridine rings is 1. The molecule has 1 aromatic carbocycles. The lowest BCUT2D eigenvalue weighted by atomic mass is 9.93. The van der Waals surface area contributed by atoms with Crippen molar-refractivity contribution in [1.29, 1.82) is 0 Å². The number of nitrogens with zero attached hydrogens (tertiary/aromatic N) is 2. The lowest BCUT2D eigenvalue weighted by Gasteiger charge is -2.24. The maximum Gasteiger partial charge on any atom is 0.270 e. The Morgan fingerprint density at radius 1 is 1.23 bits per heavy atom. The zero-order valence-electron chi connectivity index (χ0n) is 12.5. The summed E-state index contributed by atoms with van der Waals surface area (Å²) in [6.07, 6.45) is 1.55. The van der Waals surface area contributed by atoms with Crippen LogP contribution in [0.4, 0.5) is 5.69 Å². The molecular formula is C16H20N4O2. The first-order valence-electron chi connectivity index (χ1n) is 6.65. The van der Waals surface area contributed by atoms with Gasteiger partial charge in [0.25, 0.3) is 11.8 Å². The zero-order chi connectivity index (χ0) is 15.0. The van der Waals surface area contributed by atoms with Gasteiger partial charge >= 0.3 is 0 Å². The third kappa shape index (κ3) is 2.23. The summed E-state index contributed by atoms with van der Waals surface area (Å²) in [6, 6.07) is 12.5. The summed E-state index contributed by atoms with van der Waals surface area (Å²) in [4.78, 5) is 30.4. The highest BCUT2D eigenvalue weighted by molar-refractivity contribution is 6.10. The Balaban J connectivity index is 0.00000132. The smallest absolute Gasteiger partial charge is 0.270 e. The Labute approximate surface area is 130 Å². The number of nitrogens with one attached hydrogen (secondary N) is 1. The number of para-hydroxylation sites is 1. The Kier molecular flexibility index (Phi) is 3.97. The maximum absolute atomic E-state index is 12.5. The predicted octanol–water partition coefficient (Wildman–Crippen LogP) is 2.11. The molecule has 1 atom stereocenters. The van der Waals surface area contributed by atoms with Crippen LogP contribution in [-0.2, 0) is 10.3 Å². The van der Waals surface area contributed by atoms with Crippen molar-refractivity contribution in [1.82, 2.24) is 16.5 Å². The van der Waals surface area contributed by atoms with Crippen molar-refractivity contribution >= 4 is 17.5 Å². The van der Waals surface area contributed by atoms with E-state index in [9.17, 15) is 9.59 Å². The van der Waals surface area contributed by atoms with Crippen LogP contribution in [0.25, 0.3) is 0 Å². The Bertz CT molecular complexity index is 723. The fourth-order valence-electron chi connectivity index (χ4n) is 2.66. The first-order valence-corrected chi connectivity index (χ1v) is 6.65. The quantitative estimate of drug-likeness (QED) is 0.887. The van der Waals surface area contributed by atoms with E-state index < -0.39 is 5.54 Å². The molecule has 2 heterocycles. The average molecular weight is 300 g/mol. The van der Waals surface area contributed by atoms with Gasteiger partial charge in [0.1, 0.15) is 11.2 Å². The van der Waals surface area contributed by atoms with Crippen LogP contribution in [0.2, 0.25) is 0 Å². The van der Waals surface area contributed by atoms with Crippen LogP contribution in [0.5, 0.6) is 0 Å². The molecule has 0 bridgehead atoms. The lowest BCUT2D eigenvalue weighted by Crippen LogP contribution is -2.50. The van der Waals surface area contributed by atoms with Crippen molar-refractivity contribution in [3.63, 3.8) is 0 Å². The van der Waals surface area contributed by atoms with Gasteiger partial charge in [0.15, 0.2) is 0 Å². The molecule has 1 unspecified atom stereocenters. The minimum Gasteiger partial charge on any atom is -0.344 e. The molecule has 1 aliphatic heterocycles. The molecule has 0 radical (unpaired) electrons.